The molecule has 426 valence electrons. The predicted molar refractivity (Wildman–Crippen MR) is 381 cm³/mol. The van der Waals surface area contributed by atoms with Crippen molar-refractivity contribution in [3.8, 4) is 63.1 Å². The molecule has 0 amide bonds. The fourth-order valence-electron chi connectivity index (χ4n) is 16.9. The molecule has 13 aromatic carbocycles. The molecule has 6 aliphatic rings. The van der Waals surface area contributed by atoms with E-state index in [0.29, 0.717) is 0 Å². The third kappa shape index (κ3) is 6.46. The van der Waals surface area contributed by atoms with Crippen LogP contribution in [0.4, 0.5) is 22.7 Å². The van der Waals surface area contributed by atoms with Crippen molar-refractivity contribution < 1.29 is 18.9 Å². The molecular formula is C79H46B3N5O4S. The second kappa shape index (κ2) is 17.9. The van der Waals surface area contributed by atoms with Crippen LogP contribution in [0.3, 0.4) is 0 Å². The summed E-state index contributed by atoms with van der Waals surface area (Å²) in [5, 5.41) is 11.2. The van der Waals surface area contributed by atoms with Gasteiger partial charge < -0.3 is 38.0 Å². The molecule has 0 radical (unpaired) electrons. The van der Waals surface area contributed by atoms with Crippen molar-refractivity contribution in [1.29, 1.82) is 0 Å². The van der Waals surface area contributed by atoms with Crippen molar-refractivity contribution in [3.63, 3.8) is 0 Å². The Balaban J connectivity index is 0.775. The number of nitrogens with one attached hydrogen (secondary N) is 1. The molecule has 0 saturated carbocycles. The van der Waals surface area contributed by atoms with Gasteiger partial charge in [0.25, 0.3) is 20.1 Å². The molecule has 1 N–H and O–H groups in total. The first kappa shape index (κ1) is 49.5. The highest BCUT2D eigenvalue weighted by Crippen LogP contribution is 2.47. The van der Waals surface area contributed by atoms with E-state index in [2.05, 4.69) is 284 Å². The van der Waals surface area contributed by atoms with E-state index in [9.17, 15) is 0 Å². The lowest BCUT2D eigenvalue weighted by molar-refractivity contribution is 0.464. The number of para-hydroxylation sites is 8. The van der Waals surface area contributed by atoms with E-state index in [-0.39, 0.29) is 20.1 Å². The first-order valence-electron chi connectivity index (χ1n) is 31.4. The van der Waals surface area contributed by atoms with E-state index in [1.54, 1.807) is 11.9 Å². The van der Waals surface area contributed by atoms with Crippen molar-refractivity contribution in [3.05, 3.63) is 255 Å². The average molecular weight is 1190 g/mol. The fraction of sp³-hybridized carbons (Fsp3) is 0.0127. The zero-order valence-corrected chi connectivity index (χ0v) is 50.1. The number of hydrogen-bond donors (Lipinski definition) is 1. The van der Waals surface area contributed by atoms with Gasteiger partial charge in [-0.15, -0.1) is 0 Å². The van der Waals surface area contributed by atoms with Crippen molar-refractivity contribution >= 4 is 169 Å². The summed E-state index contributed by atoms with van der Waals surface area (Å²) < 4.78 is 38.9. The van der Waals surface area contributed by atoms with Crippen LogP contribution in [-0.2, 0) is 0 Å². The quantitative estimate of drug-likeness (QED) is 0.139. The molecule has 3 aromatic heterocycles. The predicted octanol–water partition coefficient (Wildman–Crippen LogP) is 13.7. The first-order valence-corrected chi connectivity index (χ1v) is 32.6. The van der Waals surface area contributed by atoms with Gasteiger partial charge in [-0.25, -0.2) is 0 Å². The Hall–Kier alpha value is -11.4. The minimum absolute atomic E-state index is 0.156. The molecule has 0 saturated heterocycles. The lowest BCUT2D eigenvalue weighted by atomic mass is 9.30. The average Bonchev–Trinajstić information content (AvgIpc) is 0.911. The Kier molecular flexibility index (Phi) is 9.65. The number of anilines is 4. The molecule has 9 nitrogen and oxygen atoms in total. The summed E-state index contributed by atoms with van der Waals surface area (Å²) in [7, 11) is 0. The third-order valence-electron chi connectivity index (χ3n) is 20.5. The largest absolute Gasteiger partial charge is 0.458 e. The number of rotatable bonds is 4. The normalized spacial score (nSPS) is 13.9. The molecule has 0 bridgehead atoms. The van der Waals surface area contributed by atoms with Crippen LogP contribution >= 0.6 is 11.9 Å². The van der Waals surface area contributed by atoms with Gasteiger partial charge in [0, 0.05) is 91.8 Å². The molecule has 22 rings (SSSR count). The molecule has 9 heterocycles. The number of nitrogens with zero attached hydrogens (tertiary/aromatic N) is 4. The topological polar surface area (TPSA) is 67.0 Å². The van der Waals surface area contributed by atoms with E-state index in [0.717, 1.165) is 163 Å². The lowest BCUT2D eigenvalue weighted by Gasteiger charge is -2.41. The summed E-state index contributed by atoms with van der Waals surface area (Å²) in [5.41, 5.74) is 23.9. The van der Waals surface area contributed by atoms with E-state index < -0.39 is 0 Å². The number of hydrogen-bond acceptors (Lipinski definition) is 7. The lowest BCUT2D eigenvalue weighted by Crippen LogP contribution is -2.64. The standard InChI is InChI=1S/C79H46B3N5O4S/c1-92-87-67-43-72-58(41-56(67)81-54-25-9-17-33-70(54)89-74-37-45(35-68(87)78(74)81)85-63-28-12-4-20-49(63)50-21-5-13-29-64(50)85)82-57-40-55-59(42-71(57)90-75-38-46(39-76(91-72)79(75)82)86-65-30-14-6-22-51(65)52-23-7-15-31-66(52)86)83-60-34-44(36-73-77(60)80(55)53-24-8-16-32-69(53)88-73)84-61-26-10-2-18-47(61)48-19-3-11-27-62(48)84/h2-43,83H,1H3. The minimum Gasteiger partial charge on any atom is -0.458 e. The maximum atomic E-state index is 7.58. The molecule has 16 aromatic rings. The number of fused-ring (bicyclic) bond motifs is 21. The van der Waals surface area contributed by atoms with Crippen LogP contribution in [0.5, 0.6) is 46.0 Å². The molecule has 0 fully saturated rings. The molecule has 0 atom stereocenters. The summed E-state index contributed by atoms with van der Waals surface area (Å²) >= 11 is 1.70. The van der Waals surface area contributed by atoms with Crippen molar-refractivity contribution in [2.75, 3.05) is 15.9 Å². The zero-order valence-electron chi connectivity index (χ0n) is 49.3. The van der Waals surface area contributed by atoms with Gasteiger partial charge in [-0.3, -0.25) is 4.31 Å². The van der Waals surface area contributed by atoms with Crippen LogP contribution < -0.4 is 77.7 Å². The number of benzene rings is 13. The van der Waals surface area contributed by atoms with Crippen LogP contribution in [-0.4, -0.2) is 40.1 Å². The summed E-state index contributed by atoms with van der Waals surface area (Å²) in [4.78, 5) is 0. The zero-order chi connectivity index (χ0) is 59.8. The molecule has 0 spiro atoms. The fourth-order valence-corrected chi connectivity index (χ4v) is 17.6. The van der Waals surface area contributed by atoms with Crippen LogP contribution in [0.1, 0.15) is 0 Å². The van der Waals surface area contributed by atoms with Crippen molar-refractivity contribution in [2.24, 2.45) is 0 Å². The maximum Gasteiger partial charge on any atom is 0.260 e. The highest BCUT2D eigenvalue weighted by atomic mass is 32.2. The Labute approximate surface area is 532 Å². The summed E-state index contributed by atoms with van der Waals surface area (Å²) in [6.45, 7) is -0.607. The molecule has 92 heavy (non-hydrogen) atoms. The Morgan fingerprint density at radius 1 is 0.283 bits per heavy atom. The van der Waals surface area contributed by atoms with Gasteiger partial charge in [-0.1, -0.05) is 158 Å². The Morgan fingerprint density at radius 2 is 0.652 bits per heavy atom. The molecule has 0 unspecified atom stereocenters. The second-order valence-electron chi connectivity index (χ2n) is 25.1. The van der Waals surface area contributed by atoms with Gasteiger partial charge in [0.15, 0.2) is 0 Å². The molecule has 13 heteroatoms. The van der Waals surface area contributed by atoms with Gasteiger partial charge >= 0.3 is 0 Å². The van der Waals surface area contributed by atoms with Gasteiger partial charge in [0.1, 0.15) is 46.0 Å². The Morgan fingerprint density at radius 3 is 1.14 bits per heavy atom. The second-order valence-corrected chi connectivity index (χ2v) is 25.8. The van der Waals surface area contributed by atoms with Crippen LogP contribution in [0, 0.1) is 0 Å². The molecular weight excluding hydrogens is 1150 g/mol. The summed E-state index contributed by atoms with van der Waals surface area (Å²) in [6, 6.07) is 92.5. The van der Waals surface area contributed by atoms with Crippen LogP contribution in [0.2, 0.25) is 0 Å². The maximum absolute atomic E-state index is 7.58. The van der Waals surface area contributed by atoms with Gasteiger partial charge in [0.05, 0.1) is 61.5 Å². The highest BCUT2D eigenvalue weighted by Gasteiger charge is 2.48. The van der Waals surface area contributed by atoms with Crippen molar-refractivity contribution in [2.45, 2.75) is 0 Å². The van der Waals surface area contributed by atoms with E-state index in [1.165, 1.54) is 37.8 Å². The number of aromatic nitrogens is 3. The Bertz CT molecular complexity index is 5910. The molecule has 6 aliphatic heterocycles. The minimum atomic E-state index is -0.291. The van der Waals surface area contributed by atoms with Gasteiger partial charge in [-0.2, -0.15) is 0 Å². The monoisotopic (exact) mass is 1190 g/mol. The van der Waals surface area contributed by atoms with E-state index in [4.69, 9.17) is 18.9 Å². The number of ether oxygens (including phenoxy) is 4. The highest BCUT2D eigenvalue weighted by molar-refractivity contribution is 8.00. The van der Waals surface area contributed by atoms with E-state index >= 15 is 0 Å². The van der Waals surface area contributed by atoms with E-state index in [1.807, 2.05) is 0 Å². The van der Waals surface area contributed by atoms with Gasteiger partial charge in [0.2, 0.25) is 0 Å². The SMILES string of the molecule is CSN1c2cc3c(cc2B2c4ccccc4Oc4cc(-n5c6ccccc6c6ccccc65)cc1c42)B1c2cc4c(cc2Oc2cc(-n5c6ccccc6c6ccccc65)cc(c21)O3)Nc1cc(-n2c3ccccc3c3ccccc32)cc2c1B4c1ccccc1O2. The first-order chi connectivity index (χ1) is 45.6. The summed E-state index contributed by atoms with van der Waals surface area (Å²) in [5.74, 6) is 6.50. The third-order valence-corrected chi connectivity index (χ3v) is 21.3. The molecule has 0 aliphatic carbocycles. The van der Waals surface area contributed by atoms with Crippen LogP contribution in [0.25, 0.3) is 82.5 Å². The van der Waals surface area contributed by atoms with Crippen LogP contribution in [0.15, 0.2) is 255 Å². The van der Waals surface area contributed by atoms with Gasteiger partial charge in [-0.05, 0) is 116 Å². The summed E-state index contributed by atoms with van der Waals surface area (Å²) in [6.07, 6.45) is 2.18. The smallest absolute Gasteiger partial charge is 0.260 e. The van der Waals surface area contributed by atoms with Crippen molar-refractivity contribution in [1.82, 2.24) is 13.7 Å².